The topological polar surface area (TPSA) is 41.9 Å². The Balaban J connectivity index is 1.93. The summed E-state index contributed by atoms with van der Waals surface area (Å²) in [5, 5.41) is 8.81. The first kappa shape index (κ1) is 12.2. The van der Waals surface area contributed by atoms with Gasteiger partial charge in [-0.25, -0.2) is 0 Å². The van der Waals surface area contributed by atoms with Crippen molar-refractivity contribution in [3.63, 3.8) is 0 Å². The van der Waals surface area contributed by atoms with Gasteiger partial charge in [0, 0.05) is 13.1 Å². The van der Waals surface area contributed by atoms with E-state index in [4.69, 9.17) is 14.6 Å². The third-order valence-electron chi connectivity index (χ3n) is 2.87. The molecule has 94 valence electrons. The molecule has 17 heavy (non-hydrogen) atoms. The Kier molecular flexibility index (Phi) is 4.23. The fraction of sp³-hybridized carbons (Fsp3) is 0.538. The van der Waals surface area contributed by atoms with Gasteiger partial charge in [0.1, 0.15) is 13.2 Å². The van der Waals surface area contributed by atoms with Gasteiger partial charge in [-0.15, -0.1) is 0 Å². The second-order valence-electron chi connectivity index (χ2n) is 4.25. The van der Waals surface area contributed by atoms with Crippen molar-refractivity contribution in [1.29, 1.82) is 0 Å². The quantitative estimate of drug-likeness (QED) is 0.827. The van der Waals surface area contributed by atoms with E-state index >= 15 is 0 Å². The van der Waals surface area contributed by atoms with Crippen LogP contribution in [0.1, 0.15) is 5.56 Å². The van der Waals surface area contributed by atoms with Crippen molar-refractivity contribution in [1.82, 2.24) is 4.90 Å². The van der Waals surface area contributed by atoms with Crippen molar-refractivity contribution >= 4 is 0 Å². The largest absolute Gasteiger partial charge is 0.486 e. The highest BCUT2D eigenvalue weighted by Gasteiger charge is 2.11. The van der Waals surface area contributed by atoms with Gasteiger partial charge in [-0.2, -0.15) is 0 Å². The molecule has 1 aliphatic heterocycles. The highest BCUT2D eigenvalue weighted by Crippen LogP contribution is 2.30. The first-order valence-corrected chi connectivity index (χ1v) is 5.97. The molecule has 0 aromatic heterocycles. The Labute approximate surface area is 102 Å². The molecule has 0 amide bonds. The van der Waals surface area contributed by atoms with E-state index in [1.54, 1.807) is 0 Å². The number of hydrogen-bond acceptors (Lipinski definition) is 4. The van der Waals surface area contributed by atoms with E-state index in [9.17, 15) is 0 Å². The minimum atomic E-state index is 0.206. The number of nitrogens with zero attached hydrogens (tertiary/aromatic N) is 1. The third-order valence-corrected chi connectivity index (χ3v) is 2.87. The van der Waals surface area contributed by atoms with Crippen molar-refractivity contribution < 1.29 is 14.6 Å². The average molecular weight is 237 g/mol. The van der Waals surface area contributed by atoms with Crippen LogP contribution in [0.25, 0.3) is 0 Å². The van der Waals surface area contributed by atoms with Crippen LogP contribution in [0.15, 0.2) is 18.2 Å². The minimum Gasteiger partial charge on any atom is -0.486 e. The molecule has 2 rings (SSSR count). The lowest BCUT2D eigenvalue weighted by molar-refractivity contribution is 0.171. The zero-order valence-electron chi connectivity index (χ0n) is 10.2. The number of rotatable bonds is 5. The van der Waals surface area contributed by atoms with Crippen LogP contribution in [0.4, 0.5) is 0 Å². The minimum absolute atomic E-state index is 0.206. The third kappa shape index (κ3) is 3.35. The fourth-order valence-corrected chi connectivity index (χ4v) is 1.85. The molecule has 0 bridgehead atoms. The van der Waals surface area contributed by atoms with Gasteiger partial charge < -0.3 is 19.5 Å². The maximum Gasteiger partial charge on any atom is 0.161 e. The predicted octanol–water partition coefficient (Wildman–Crippen LogP) is 0.924. The Morgan fingerprint density at radius 2 is 1.94 bits per heavy atom. The number of fused-ring (bicyclic) bond motifs is 1. The predicted molar refractivity (Wildman–Crippen MR) is 65.7 cm³/mol. The van der Waals surface area contributed by atoms with Crippen LogP contribution in [-0.4, -0.2) is 50.0 Å². The van der Waals surface area contributed by atoms with Crippen molar-refractivity contribution in [2.24, 2.45) is 0 Å². The summed E-state index contributed by atoms with van der Waals surface area (Å²) in [4.78, 5) is 2.11. The zero-order valence-corrected chi connectivity index (χ0v) is 10.2. The van der Waals surface area contributed by atoms with Crippen molar-refractivity contribution in [2.75, 3.05) is 40.0 Å². The second-order valence-corrected chi connectivity index (χ2v) is 4.25. The fourth-order valence-electron chi connectivity index (χ4n) is 1.85. The van der Waals surface area contributed by atoms with Crippen LogP contribution in [0.2, 0.25) is 0 Å². The van der Waals surface area contributed by atoms with E-state index in [0.29, 0.717) is 19.8 Å². The number of hydrogen-bond donors (Lipinski definition) is 1. The first-order chi connectivity index (χ1) is 8.29. The molecule has 1 aliphatic rings. The Morgan fingerprint density at radius 1 is 1.18 bits per heavy atom. The molecule has 0 aliphatic carbocycles. The summed E-state index contributed by atoms with van der Waals surface area (Å²) in [6.07, 6.45) is 0.952. The van der Waals surface area contributed by atoms with Crippen molar-refractivity contribution in [3.05, 3.63) is 23.8 Å². The molecule has 1 heterocycles. The first-order valence-electron chi connectivity index (χ1n) is 5.97. The number of aliphatic hydroxyl groups excluding tert-OH is 1. The molecule has 4 nitrogen and oxygen atoms in total. The van der Waals surface area contributed by atoms with E-state index in [0.717, 1.165) is 24.5 Å². The van der Waals surface area contributed by atoms with Gasteiger partial charge in [0.2, 0.25) is 0 Å². The molecule has 0 saturated heterocycles. The van der Waals surface area contributed by atoms with Gasteiger partial charge in [-0.1, -0.05) is 6.07 Å². The molecule has 4 heteroatoms. The van der Waals surface area contributed by atoms with Crippen LogP contribution in [-0.2, 0) is 6.42 Å². The lowest BCUT2D eigenvalue weighted by Crippen LogP contribution is -2.24. The number of benzene rings is 1. The monoisotopic (exact) mass is 237 g/mol. The molecular formula is C13H19NO3. The van der Waals surface area contributed by atoms with E-state index in [2.05, 4.69) is 11.0 Å². The van der Waals surface area contributed by atoms with E-state index in [1.165, 1.54) is 5.56 Å². The second kappa shape index (κ2) is 5.89. The summed E-state index contributed by atoms with van der Waals surface area (Å²) >= 11 is 0. The van der Waals surface area contributed by atoms with Gasteiger partial charge in [0.05, 0.1) is 6.61 Å². The summed E-state index contributed by atoms with van der Waals surface area (Å²) in [5.74, 6) is 1.68. The van der Waals surface area contributed by atoms with Gasteiger partial charge >= 0.3 is 0 Å². The summed E-state index contributed by atoms with van der Waals surface area (Å²) < 4.78 is 11.0. The Morgan fingerprint density at radius 3 is 2.71 bits per heavy atom. The smallest absolute Gasteiger partial charge is 0.161 e. The molecule has 0 unspecified atom stereocenters. The lowest BCUT2D eigenvalue weighted by atomic mass is 10.1. The molecule has 1 N–H and O–H groups in total. The van der Waals surface area contributed by atoms with Crippen LogP contribution >= 0.6 is 0 Å². The number of likely N-dealkylation sites (N-methyl/N-ethyl adjacent to an activating group) is 1. The molecule has 0 radical (unpaired) electrons. The summed E-state index contributed by atoms with van der Waals surface area (Å²) in [6.45, 7) is 3.11. The maximum absolute atomic E-state index is 8.81. The van der Waals surface area contributed by atoms with Gasteiger partial charge in [0.15, 0.2) is 11.5 Å². The van der Waals surface area contributed by atoms with Crippen LogP contribution < -0.4 is 9.47 Å². The van der Waals surface area contributed by atoms with E-state index in [-0.39, 0.29) is 6.61 Å². The Hall–Kier alpha value is -1.26. The standard InChI is InChI=1S/C13H19NO3/c1-14(6-7-15)5-4-11-2-3-12-13(10-11)17-9-8-16-12/h2-3,10,15H,4-9H2,1H3. The Bertz CT molecular complexity index is 368. The van der Waals surface area contributed by atoms with E-state index < -0.39 is 0 Å². The molecule has 0 fully saturated rings. The van der Waals surface area contributed by atoms with Crippen LogP contribution in [0.5, 0.6) is 11.5 Å². The van der Waals surface area contributed by atoms with Crippen molar-refractivity contribution in [3.8, 4) is 11.5 Å². The normalized spacial score (nSPS) is 14.1. The maximum atomic E-state index is 8.81. The number of aliphatic hydroxyl groups is 1. The molecular weight excluding hydrogens is 218 g/mol. The number of ether oxygens (including phenoxy) is 2. The zero-order chi connectivity index (χ0) is 12.1. The highest BCUT2D eigenvalue weighted by molar-refractivity contribution is 5.43. The van der Waals surface area contributed by atoms with Gasteiger partial charge in [-0.05, 0) is 31.2 Å². The van der Waals surface area contributed by atoms with Gasteiger partial charge in [-0.3, -0.25) is 0 Å². The van der Waals surface area contributed by atoms with Gasteiger partial charge in [0.25, 0.3) is 0 Å². The van der Waals surface area contributed by atoms with E-state index in [1.807, 2.05) is 19.2 Å². The summed E-state index contributed by atoms with van der Waals surface area (Å²) in [7, 11) is 2.01. The summed E-state index contributed by atoms with van der Waals surface area (Å²) in [5.41, 5.74) is 1.24. The molecule has 1 aromatic rings. The SMILES string of the molecule is CN(CCO)CCc1ccc2c(c1)OCCO2. The summed E-state index contributed by atoms with van der Waals surface area (Å²) in [6, 6.07) is 6.08. The van der Waals surface area contributed by atoms with Crippen LogP contribution in [0.3, 0.4) is 0 Å². The molecule has 1 aromatic carbocycles. The van der Waals surface area contributed by atoms with Crippen molar-refractivity contribution in [2.45, 2.75) is 6.42 Å². The molecule has 0 spiro atoms. The highest BCUT2D eigenvalue weighted by atomic mass is 16.6. The molecule has 0 atom stereocenters. The molecule has 0 saturated carbocycles. The average Bonchev–Trinajstić information content (AvgIpc) is 2.36. The van der Waals surface area contributed by atoms with Crippen LogP contribution in [0, 0.1) is 0 Å². The lowest BCUT2D eigenvalue weighted by Gasteiger charge is -2.19.